The SMILES string of the molecule is CCCC(CC)NCc1cncnc1. The fourth-order valence-corrected chi connectivity index (χ4v) is 1.48. The standard InChI is InChI=1S/C11H19N3/c1-3-5-11(4-2)14-8-10-6-12-9-13-7-10/h6-7,9,11,14H,3-5,8H2,1-2H3. The Balaban J connectivity index is 2.32. The minimum Gasteiger partial charge on any atom is -0.310 e. The lowest BCUT2D eigenvalue weighted by Gasteiger charge is -2.15. The summed E-state index contributed by atoms with van der Waals surface area (Å²) in [5.41, 5.74) is 1.15. The highest BCUT2D eigenvalue weighted by Gasteiger charge is 2.03. The molecule has 0 fully saturated rings. The van der Waals surface area contributed by atoms with Crippen LogP contribution in [-0.4, -0.2) is 16.0 Å². The molecule has 3 nitrogen and oxygen atoms in total. The van der Waals surface area contributed by atoms with Crippen molar-refractivity contribution in [3.63, 3.8) is 0 Å². The number of hydrogen-bond donors (Lipinski definition) is 1. The van der Waals surface area contributed by atoms with Gasteiger partial charge in [-0.2, -0.15) is 0 Å². The third-order valence-corrected chi connectivity index (χ3v) is 2.34. The van der Waals surface area contributed by atoms with Gasteiger partial charge in [-0.15, -0.1) is 0 Å². The second-order valence-corrected chi connectivity index (χ2v) is 3.52. The van der Waals surface area contributed by atoms with E-state index >= 15 is 0 Å². The third-order valence-electron chi connectivity index (χ3n) is 2.34. The Hall–Kier alpha value is -0.960. The Morgan fingerprint density at radius 2 is 2.00 bits per heavy atom. The summed E-state index contributed by atoms with van der Waals surface area (Å²) in [6.45, 7) is 5.31. The van der Waals surface area contributed by atoms with E-state index in [0.717, 1.165) is 12.1 Å². The molecule has 1 aromatic heterocycles. The van der Waals surface area contributed by atoms with Gasteiger partial charge in [-0.1, -0.05) is 20.3 Å². The van der Waals surface area contributed by atoms with Crippen LogP contribution in [0.25, 0.3) is 0 Å². The van der Waals surface area contributed by atoms with Crippen molar-refractivity contribution >= 4 is 0 Å². The minimum atomic E-state index is 0.625. The van der Waals surface area contributed by atoms with Crippen molar-refractivity contribution in [2.75, 3.05) is 0 Å². The summed E-state index contributed by atoms with van der Waals surface area (Å²) in [6, 6.07) is 0.625. The van der Waals surface area contributed by atoms with Crippen molar-refractivity contribution in [1.29, 1.82) is 0 Å². The van der Waals surface area contributed by atoms with E-state index in [1.807, 2.05) is 12.4 Å². The highest BCUT2D eigenvalue weighted by Crippen LogP contribution is 2.02. The van der Waals surface area contributed by atoms with Crippen LogP contribution in [0.5, 0.6) is 0 Å². The van der Waals surface area contributed by atoms with Gasteiger partial charge in [0, 0.05) is 30.5 Å². The van der Waals surface area contributed by atoms with Gasteiger partial charge in [0.25, 0.3) is 0 Å². The first kappa shape index (κ1) is 11.1. The van der Waals surface area contributed by atoms with E-state index < -0.39 is 0 Å². The molecule has 14 heavy (non-hydrogen) atoms. The lowest BCUT2D eigenvalue weighted by molar-refractivity contribution is 0.462. The van der Waals surface area contributed by atoms with Gasteiger partial charge in [-0.3, -0.25) is 0 Å². The maximum absolute atomic E-state index is 3.98. The van der Waals surface area contributed by atoms with Crippen LogP contribution in [0.15, 0.2) is 18.7 Å². The van der Waals surface area contributed by atoms with Gasteiger partial charge in [-0.25, -0.2) is 9.97 Å². The molecule has 0 bridgehead atoms. The van der Waals surface area contributed by atoms with Gasteiger partial charge < -0.3 is 5.32 Å². The second kappa shape index (κ2) is 6.49. The molecule has 78 valence electrons. The van der Waals surface area contributed by atoms with Crippen LogP contribution in [-0.2, 0) is 6.54 Å². The first-order valence-electron chi connectivity index (χ1n) is 5.34. The molecule has 0 aliphatic rings. The molecular formula is C11H19N3. The van der Waals surface area contributed by atoms with Crippen LogP contribution in [0.1, 0.15) is 38.7 Å². The predicted molar refractivity (Wildman–Crippen MR) is 57.9 cm³/mol. The Morgan fingerprint density at radius 3 is 2.57 bits per heavy atom. The Morgan fingerprint density at radius 1 is 1.29 bits per heavy atom. The number of rotatable bonds is 6. The van der Waals surface area contributed by atoms with E-state index in [2.05, 4.69) is 29.1 Å². The molecule has 0 radical (unpaired) electrons. The van der Waals surface area contributed by atoms with Crippen molar-refractivity contribution in [3.05, 3.63) is 24.3 Å². The van der Waals surface area contributed by atoms with Crippen LogP contribution < -0.4 is 5.32 Å². The summed E-state index contributed by atoms with van der Waals surface area (Å²) in [5, 5.41) is 3.51. The Kier molecular flexibility index (Phi) is 5.15. The first-order chi connectivity index (χ1) is 6.86. The molecule has 0 amide bonds. The van der Waals surface area contributed by atoms with Crippen molar-refractivity contribution in [2.24, 2.45) is 0 Å². The van der Waals surface area contributed by atoms with E-state index in [1.54, 1.807) is 6.33 Å². The predicted octanol–water partition coefficient (Wildman–Crippen LogP) is 2.14. The Bertz CT molecular complexity index is 236. The molecule has 1 unspecified atom stereocenters. The quantitative estimate of drug-likeness (QED) is 0.752. The van der Waals surface area contributed by atoms with Gasteiger partial charge in [0.2, 0.25) is 0 Å². The van der Waals surface area contributed by atoms with Gasteiger partial charge >= 0.3 is 0 Å². The average molecular weight is 193 g/mol. The molecule has 1 aromatic rings. The van der Waals surface area contributed by atoms with Gasteiger partial charge in [0.05, 0.1) is 0 Å². The molecule has 1 N–H and O–H groups in total. The van der Waals surface area contributed by atoms with Crippen molar-refractivity contribution in [2.45, 2.75) is 45.7 Å². The van der Waals surface area contributed by atoms with E-state index in [1.165, 1.54) is 19.3 Å². The van der Waals surface area contributed by atoms with Crippen LogP contribution >= 0.6 is 0 Å². The summed E-state index contributed by atoms with van der Waals surface area (Å²) in [6.07, 6.45) is 8.94. The lowest BCUT2D eigenvalue weighted by Crippen LogP contribution is -2.27. The Labute approximate surface area is 86.0 Å². The van der Waals surface area contributed by atoms with E-state index in [9.17, 15) is 0 Å². The average Bonchev–Trinajstić information content (AvgIpc) is 2.25. The van der Waals surface area contributed by atoms with Crippen molar-refractivity contribution < 1.29 is 0 Å². The lowest BCUT2D eigenvalue weighted by atomic mass is 10.1. The van der Waals surface area contributed by atoms with Crippen LogP contribution in [0, 0.1) is 0 Å². The molecule has 1 atom stereocenters. The van der Waals surface area contributed by atoms with Gasteiger partial charge in [-0.05, 0) is 12.8 Å². The van der Waals surface area contributed by atoms with Gasteiger partial charge in [0.1, 0.15) is 6.33 Å². The number of hydrogen-bond acceptors (Lipinski definition) is 3. The maximum Gasteiger partial charge on any atom is 0.115 e. The second-order valence-electron chi connectivity index (χ2n) is 3.52. The summed E-state index contributed by atoms with van der Waals surface area (Å²) >= 11 is 0. The monoisotopic (exact) mass is 193 g/mol. The molecule has 0 aliphatic carbocycles. The number of aromatic nitrogens is 2. The molecular weight excluding hydrogens is 174 g/mol. The minimum absolute atomic E-state index is 0.625. The molecule has 3 heteroatoms. The zero-order valence-corrected chi connectivity index (χ0v) is 9.03. The normalized spacial score (nSPS) is 12.7. The zero-order chi connectivity index (χ0) is 10.2. The third kappa shape index (κ3) is 3.83. The van der Waals surface area contributed by atoms with E-state index in [4.69, 9.17) is 0 Å². The number of nitrogens with zero attached hydrogens (tertiary/aromatic N) is 2. The summed E-state index contributed by atoms with van der Waals surface area (Å²) in [5.74, 6) is 0. The highest BCUT2D eigenvalue weighted by atomic mass is 14.9. The maximum atomic E-state index is 3.98. The summed E-state index contributed by atoms with van der Waals surface area (Å²) < 4.78 is 0. The van der Waals surface area contributed by atoms with Gasteiger partial charge in [0.15, 0.2) is 0 Å². The summed E-state index contributed by atoms with van der Waals surface area (Å²) in [7, 11) is 0. The summed E-state index contributed by atoms with van der Waals surface area (Å²) in [4.78, 5) is 7.97. The van der Waals surface area contributed by atoms with Crippen LogP contribution in [0.4, 0.5) is 0 Å². The van der Waals surface area contributed by atoms with Crippen molar-refractivity contribution in [1.82, 2.24) is 15.3 Å². The van der Waals surface area contributed by atoms with Crippen molar-refractivity contribution in [3.8, 4) is 0 Å². The molecule has 0 spiro atoms. The molecule has 1 rings (SSSR count). The molecule has 0 aromatic carbocycles. The topological polar surface area (TPSA) is 37.8 Å². The zero-order valence-electron chi connectivity index (χ0n) is 9.03. The fraction of sp³-hybridized carbons (Fsp3) is 0.636. The molecule has 1 heterocycles. The molecule has 0 aliphatic heterocycles. The smallest absolute Gasteiger partial charge is 0.115 e. The number of nitrogens with one attached hydrogen (secondary N) is 1. The van der Waals surface area contributed by atoms with E-state index in [-0.39, 0.29) is 0 Å². The first-order valence-corrected chi connectivity index (χ1v) is 5.34. The largest absolute Gasteiger partial charge is 0.310 e. The molecule has 0 saturated carbocycles. The van der Waals surface area contributed by atoms with E-state index in [0.29, 0.717) is 6.04 Å². The van der Waals surface area contributed by atoms with Crippen LogP contribution in [0.2, 0.25) is 0 Å². The van der Waals surface area contributed by atoms with Crippen LogP contribution in [0.3, 0.4) is 0 Å². The highest BCUT2D eigenvalue weighted by molar-refractivity contribution is 5.01. The fourth-order valence-electron chi connectivity index (χ4n) is 1.48. The molecule has 0 saturated heterocycles.